The molecule has 0 unspecified atom stereocenters. The van der Waals surface area contributed by atoms with Crippen molar-refractivity contribution in [3.8, 4) is 0 Å². The predicted molar refractivity (Wildman–Crippen MR) is 136 cm³/mol. The van der Waals surface area contributed by atoms with E-state index >= 15 is 0 Å². The molecule has 2 aromatic rings. The Bertz CT molecular complexity index is 903. The average Bonchev–Trinajstić information content (AvgIpc) is 3.21. The Morgan fingerprint density at radius 2 is 1.42 bits per heavy atom. The number of nitrogens with zero attached hydrogens (tertiary/aromatic N) is 3. The van der Waals surface area contributed by atoms with Gasteiger partial charge in [-0.25, -0.2) is 0 Å². The Hall–Kier alpha value is -2.29. The van der Waals surface area contributed by atoms with E-state index in [-0.39, 0.29) is 11.0 Å². The van der Waals surface area contributed by atoms with Crippen molar-refractivity contribution >= 4 is 5.82 Å². The molecule has 2 aromatic heterocycles. The molecule has 0 spiro atoms. The highest BCUT2D eigenvalue weighted by atomic mass is 16.5. The van der Waals surface area contributed by atoms with E-state index in [1.807, 2.05) is 18.3 Å². The third-order valence-corrected chi connectivity index (χ3v) is 5.34. The summed E-state index contributed by atoms with van der Waals surface area (Å²) < 4.78 is 4.94. The molecule has 1 saturated carbocycles. The predicted octanol–water partition coefficient (Wildman–Crippen LogP) is 6.64. The van der Waals surface area contributed by atoms with Crippen LogP contribution in [-0.4, -0.2) is 23.2 Å². The normalized spacial score (nSPS) is 16.5. The molecule has 2 fully saturated rings. The van der Waals surface area contributed by atoms with Crippen LogP contribution in [0.2, 0.25) is 0 Å². The number of aromatic nitrogens is 2. The maximum Gasteiger partial charge on any atom is 0.269 e. The summed E-state index contributed by atoms with van der Waals surface area (Å²) in [6, 6.07) is 8.11. The van der Waals surface area contributed by atoms with Crippen LogP contribution in [0.1, 0.15) is 84.0 Å². The summed E-state index contributed by atoms with van der Waals surface area (Å²) in [5.41, 5.74) is 10.2. The van der Waals surface area contributed by atoms with Gasteiger partial charge in [-0.1, -0.05) is 53.7 Å². The van der Waals surface area contributed by atoms with Crippen molar-refractivity contribution in [2.45, 2.75) is 85.6 Å². The maximum atomic E-state index is 6.83. The van der Waals surface area contributed by atoms with Crippen LogP contribution in [0, 0.1) is 17.4 Å². The molecule has 3 heterocycles. The zero-order valence-corrected chi connectivity index (χ0v) is 21.4. The van der Waals surface area contributed by atoms with Crippen molar-refractivity contribution in [1.82, 2.24) is 9.97 Å². The fourth-order valence-corrected chi connectivity index (χ4v) is 3.61. The summed E-state index contributed by atoms with van der Waals surface area (Å²) in [6.07, 6.45) is 10.4. The van der Waals surface area contributed by atoms with Crippen LogP contribution in [0.3, 0.4) is 0 Å². The van der Waals surface area contributed by atoms with Crippen molar-refractivity contribution in [2.24, 2.45) is 16.6 Å². The SMILES string of the molecule is C1CCOC1.CC(C)(C)Cc1ccnc(C2(N)CC2)c1.[C-]#[N+]c1cc(CC(C)(C)C)ccn1. The first-order valence-corrected chi connectivity index (χ1v) is 12.0. The molecule has 2 aliphatic rings. The van der Waals surface area contributed by atoms with Gasteiger partial charge in [0.15, 0.2) is 0 Å². The molecular weight excluding hydrogens is 408 g/mol. The van der Waals surface area contributed by atoms with E-state index in [1.54, 1.807) is 6.20 Å². The van der Waals surface area contributed by atoms with Gasteiger partial charge in [-0.3, -0.25) is 4.98 Å². The molecule has 0 radical (unpaired) electrons. The Morgan fingerprint density at radius 1 is 0.909 bits per heavy atom. The van der Waals surface area contributed by atoms with Gasteiger partial charge < -0.3 is 15.3 Å². The van der Waals surface area contributed by atoms with Gasteiger partial charge in [-0.15, -0.1) is 4.98 Å². The lowest BCUT2D eigenvalue weighted by Gasteiger charge is -2.19. The second-order valence-corrected chi connectivity index (χ2v) is 11.6. The Balaban J connectivity index is 0.000000195. The van der Waals surface area contributed by atoms with Gasteiger partial charge in [0.2, 0.25) is 0 Å². The average molecular weight is 451 g/mol. The molecule has 1 aliphatic heterocycles. The lowest BCUT2D eigenvalue weighted by molar-refractivity contribution is 0.198. The van der Waals surface area contributed by atoms with E-state index in [4.69, 9.17) is 17.0 Å². The second kappa shape index (κ2) is 11.7. The van der Waals surface area contributed by atoms with Gasteiger partial charge in [0.05, 0.1) is 11.2 Å². The standard InChI is InChI=1S/C13H20N2.C11H14N2.C4H8O/c1-12(2,3)9-10-4-7-15-11(8-10)13(14)5-6-13;1-11(2,3)8-9-5-6-13-10(7-9)12-4;1-2-4-5-3-1/h4,7-8H,5-6,9,14H2,1-3H3;5-7H,8H2,1-3H3;1-4H2. The molecule has 1 aliphatic carbocycles. The van der Waals surface area contributed by atoms with E-state index in [9.17, 15) is 0 Å². The zero-order chi connectivity index (χ0) is 24.5. The Labute approximate surface area is 201 Å². The van der Waals surface area contributed by atoms with Crippen molar-refractivity contribution in [3.63, 3.8) is 0 Å². The van der Waals surface area contributed by atoms with Crippen molar-refractivity contribution < 1.29 is 4.74 Å². The maximum absolute atomic E-state index is 6.83. The minimum Gasteiger partial charge on any atom is -0.381 e. The number of ether oxygens (including phenoxy) is 1. The van der Waals surface area contributed by atoms with Crippen LogP contribution in [0.25, 0.3) is 4.85 Å². The fourth-order valence-electron chi connectivity index (χ4n) is 3.61. The Kier molecular flexibility index (Phi) is 9.57. The van der Waals surface area contributed by atoms with Gasteiger partial charge in [0.25, 0.3) is 5.82 Å². The molecule has 0 amide bonds. The van der Waals surface area contributed by atoms with Gasteiger partial charge in [0.1, 0.15) is 6.20 Å². The number of hydrogen-bond donors (Lipinski definition) is 1. The second-order valence-electron chi connectivity index (χ2n) is 11.6. The van der Waals surface area contributed by atoms with Gasteiger partial charge in [-0.2, -0.15) is 0 Å². The largest absolute Gasteiger partial charge is 0.381 e. The monoisotopic (exact) mass is 450 g/mol. The highest BCUT2D eigenvalue weighted by Crippen LogP contribution is 2.41. The number of rotatable bonds is 3. The molecular formula is C28H42N4O. The smallest absolute Gasteiger partial charge is 0.269 e. The summed E-state index contributed by atoms with van der Waals surface area (Å²) >= 11 is 0. The molecule has 0 atom stereocenters. The van der Waals surface area contributed by atoms with Crippen molar-refractivity contribution in [2.75, 3.05) is 13.2 Å². The first kappa shape index (κ1) is 27.0. The van der Waals surface area contributed by atoms with Crippen molar-refractivity contribution in [3.05, 3.63) is 64.9 Å². The molecule has 0 aromatic carbocycles. The molecule has 2 N–H and O–H groups in total. The number of pyridine rings is 2. The van der Waals surface area contributed by atoms with Crippen LogP contribution >= 0.6 is 0 Å². The third-order valence-electron chi connectivity index (χ3n) is 5.34. The zero-order valence-electron chi connectivity index (χ0n) is 21.4. The minimum absolute atomic E-state index is 0.103. The molecule has 33 heavy (non-hydrogen) atoms. The molecule has 5 heteroatoms. The molecule has 5 nitrogen and oxygen atoms in total. The van der Waals surface area contributed by atoms with E-state index in [0.717, 1.165) is 44.6 Å². The van der Waals surface area contributed by atoms with Crippen LogP contribution in [0.5, 0.6) is 0 Å². The van der Waals surface area contributed by atoms with E-state index in [0.29, 0.717) is 11.2 Å². The van der Waals surface area contributed by atoms with Gasteiger partial charge in [0, 0.05) is 19.4 Å². The third kappa shape index (κ3) is 10.9. The minimum atomic E-state index is -0.103. The molecule has 4 rings (SSSR count). The highest BCUT2D eigenvalue weighted by molar-refractivity contribution is 5.38. The van der Waals surface area contributed by atoms with Crippen molar-refractivity contribution in [1.29, 1.82) is 0 Å². The van der Waals surface area contributed by atoms with Crippen LogP contribution in [0.4, 0.5) is 5.82 Å². The molecule has 1 saturated heterocycles. The fraction of sp³-hybridized carbons (Fsp3) is 0.607. The summed E-state index contributed by atoms with van der Waals surface area (Å²) in [5, 5.41) is 0. The van der Waals surface area contributed by atoms with E-state index in [1.165, 1.54) is 24.0 Å². The number of hydrogen-bond acceptors (Lipinski definition) is 4. The van der Waals surface area contributed by atoms with Crippen LogP contribution in [-0.2, 0) is 23.1 Å². The molecule has 180 valence electrons. The summed E-state index contributed by atoms with van der Waals surface area (Å²) in [6.45, 7) is 22.1. The van der Waals surface area contributed by atoms with Gasteiger partial charge in [-0.05, 0) is 79.2 Å². The summed E-state index contributed by atoms with van der Waals surface area (Å²) in [5.74, 6) is 0.488. The lowest BCUT2D eigenvalue weighted by atomic mass is 9.88. The first-order valence-electron chi connectivity index (χ1n) is 12.0. The lowest BCUT2D eigenvalue weighted by Crippen LogP contribution is -2.21. The van der Waals surface area contributed by atoms with E-state index in [2.05, 4.69) is 68.5 Å². The quantitative estimate of drug-likeness (QED) is 0.533. The summed E-state index contributed by atoms with van der Waals surface area (Å²) in [4.78, 5) is 11.6. The van der Waals surface area contributed by atoms with Gasteiger partial charge >= 0.3 is 0 Å². The summed E-state index contributed by atoms with van der Waals surface area (Å²) in [7, 11) is 0. The number of nitrogens with two attached hydrogens (primary N) is 1. The topological polar surface area (TPSA) is 65.4 Å². The molecule has 0 bridgehead atoms. The van der Waals surface area contributed by atoms with Crippen LogP contribution < -0.4 is 5.73 Å². The van der Waals surface area contributed by atoms with E-state index < -0.39 is 0 Å². The Morgan fingerprint density at radius 3 is 1.85 bits per heavy atom. The first-order chi connectivity index (χ1) is 15.4. The highest BCUT2D eigenvalue weighted by Gasteiger charge is 2.41. The van der Waals surface area contributed by atoms with Crippen LogP contribution in [0.15, 0.2) is 36.7 Å².